The lowest BCUT2D eigenvalue weighted by Gasteiger charge is -2.19. The lowest BCUT2D eigenvalue weighted by molar-refractivity contribution is -0.122. The quantitative estimate of drug-likeness (QED) is 0.692. The Morgan fingerprint density at radius 3 is 2.70 bits per heavy atom. The maximum Gasteiger partial charge on any atom is 0.419 e. The minimum atomic E-state index is -0.475. The molecule has 1 aromatic heterocycles. The zero-order chi connectivity index (χ0) is 19.0. The van der Waals surface area contributed by atoms with Gasteiger partial charge in [-0.05, 0) is 43.4 Å². The van der Waals surface area contributed by atoms with Crippen molar-refractivity contribution >= 4 is 28.6 Å². The van der Waals surface area contributed by atoms with Gasteiger partial charge in [0.15, 0.2) is 5.58 Å². The van der Waals surface area contributed by atoms with Crippen molar-refractivity contribution in [3.63, 3.8) is 0 Å². The highest BCUT2D eigenvalue weighted by Gasteiger charge is 2.33. The van der Waals surface area contributed by atoms with Crippen molar-refractivity contribution in [3.8, 4) is 0 Å². The summed E-state index contributed by atoms with van der Waals surface area (Å²) >= 11 is 5.93. The summed E-state index contributed by atoms with van der Waals surface area (Å²) in [6, 6.07) is 13.4. The first kappa shape index (κ1) is 17.9. The van der Waals surface area contributed by atoms with Gasteiger partial charge in [-0.2, -0.15) is 0 Å². The van der Waals surface area contributed by atoms with E-state index in [-0.39, 0.29) is 24.9 Å². The summed E-state index contributed by atoms with van der Waals surface area (Å²) in [7, 11) is 0. The molecular formula is C21H21ClN2O3. The largest absolute Gasteiger partial charge is 0.419 e. The maximum absolute atomic E-state index is 12.5. The fraction of sp³-hybridized carbons (Fsp3) is 0.333. The van der Waals surface area contributed by atoms with E-state index in [1.54, 1.807) is 18.2 Å². The van der Waals surface area contributed by atoms with E-state index in [9.17, 15) is 9.59 Å². The van der Waals surface area contributed by atoms with Crippen molar-refractivity contribution in [2.45, 2.75) is 38.8 Å². The second-order valence-electron chi connectivity index (χ2n) is 7.17. The Hall–Kier alpha value is -2.53. The Bertz CT molecular complexity index is 1030. The van der Waals surface area contributed by atoms with E-state index >= 15 is 0 Å². The van der Waals surface area contributed by atoms with E-state index in [1.807, 2.05) is 0 Å². The van der Waals surface area contributed by atoms with Crippen LogP contribution in [0.2, 0.25) is 5.02 Å². The highest BCUT2D eigenvalue weighted by atomic mass is 35.5. The predicted molar refractivity (Wildman–Crippen MR) is 105 cm³/mol. The molecule has 27 heavy (non-hydrogen) atoms. The molecule has 4 rings (SSSR count). The number of oxazole rings is 1. The SMILES string of the molecule is Cc1ccc(C(NC(=O)CCn2c(=O)oc3cc(Cl)ccc32)C2CC2)cc1. The zero-order valence-corrected chi connectivity index (χ0v) is 15.8. The first-order valence-electron chi connectivity index (χ1n) is 9.16. The van der Waals surface area contributed by atoms with E-state index in [4.69, 9.17) is 16.0 Å². The fourth-order valence-corrected chi connectivity index (χ4v) is 3.55. The highest BCUT2D eigenvalue weighted by molar-refractivity contribution is 6.31. The molecule has 140 valence electrons. The summed E-state index contributed by atoms with van der Waals surface area (Å²) in [6.07, 6.45) is 2.48. The van der Waals surface area contributed by atoms with Crippen LogP contribution in [0.25, 0.3) is 11.1 Å². The van der Waals surface area contributed by atoms with Gasteiger partial charge in [0, 0.05) is 24.1 Å². The molecule has 2 aromatic carbocycles. The number of rotatable bonds is 6. The van der Waals surface area contributed by atoms with Gasteiger partial charge < -0.3 is 9.73 Å². The normalized spacial score (nSPS) is 15.0. The molecule has 1 aliphatic carbocycles. The number of hydrogen-bond acceptors (Lipinski definition) is 3. The van der Waals surface area contributed by atoms with Gasteiger partial charge in [0.2, 0.25) is 5.91 Å². The number of aryl methyl sites for hydroxylation is 2. The molecule has 1 N–H and O–H groups in total. The van der Waals surface area contributed by atoms with Crippen LogP contribution in [0.5, 0.6) is 0 Å². The zero-order valence-electron chi connectivity index (χ0n) is 15.1. The van der Waals surface area contributed by atoms with Crippen molar-refractivity contribution in [1.82, 2.24) is 9.88 Å². The molecule has 1 amide bonds. The molecule has 1 aliphatic rings. The summed E-state index contributed by atoms with van der Waals surface area (Å²) in [6.45, 7) is 2.32. The van der Waals surface area contributed by atoms with Crippen molar-refractivity contribution in [2.75, 3.05) is 0 Å². The third-order valence-corrected chi connectivity index (χ3v) is 5.27. The first-order chi connectivity index (χ1) is 13.0. The molecule has 3 aromatic rings. The van der Waals surface area contributed by atoms with Crippen LogP contribution in [0.15, 0.2) is 51.7 Å². The number of aromatic nitrogens is 1. The van der Waals surface area contributed by atoms with Gasteiger partial charge >= 0.3 is 5.76 Å². The van der Waals surface area contributed by atoms with Crippen LogP contribution in [-0.4, -0.2) is 10.5 Å². The number of fused-ring (bicyclic) bond motifs is 1. The molecule has 1 saturated carbocycles. The Balaban J connectivity index is 1.45. The van der Waals surface area contributed by atoms with Gasteiger partial charge in [-0.1, -0.05) is 41.4 Å². The lowest BCUT2D eigenvalue weighted by Crippen LogP contribution is -2.31. The van der Waals surface area contributed by atoms with E-state index in [0.29, 0.717) is 22.0 Å². The second-order valence-corrected chi connectivity index (χ2v) is 7.61. The van der Waals surface area contributed by atoms with Crippen molar-refractivity contribution in [1.29, 1.82) is 0 Å². The molecule has 1 heterocycles. The van der Waals surface area contributed by atoms with Crippen LogP contribution >= 0.6 is 11.6 Å². The number of nitrogens with one attached hydrogen (secondary N) is 1. The molecule has 0 spiro atoms. The minimum Gasteiger partial charge on any atom is -0.408 e. The summed E-state index contributed by atoms with van der Waals surface area (Å²) < 4.78 is 6.69. The number of benzene rings is 2. The predicted octanol–water partition coefficient (Wildman–Crippen LogP) is 4.21. The molecule has 1 fully saturated rings. The summed E-state index contributed by atoms with van der Waals surface area (Å²) in [5.41, 5.74) is 3.42. The molecule has 0 bridgehead atoms. The average molecular weight is 385 g/mol. The lowest BCUT2D eigenvalue weighted by atomic mass is 10.0. The minimum absolute atomic E-state index is 0.0368. The number of halogens is 1. The molecule has 0 aliphatic heterocycles. The highest BCUT2D eigenvalue weighted by Crippen LogP contribution is 2.41. The van der Waals surface area contributed by atoms with E-state index < -0.39 is 5.76 Å². The van der Waals surface area contributed by atoms with Crippen LogP contribution < -0.4 is 11.1 Å². The number of hydrogen-bond donors (Lipinski definition) is 1. The smallest absolute Gasteiger partial charge is 0.408 e. The van der Waals surface area contributed by atoms with E-state index in [2.05, 4.69) is 36.5 Å². The Morgan fingerprint density at radius 2 is 2.00 bits per heavy atom. The monoisotopic (exact) mass is 384 g/mol. The van der Waals surface area contributed by atoms with Gasteiger partial charge in [-0.3, -0.25) is 9.36 Å². The summed E-state index contributed by atoms with van der Waals surface area (Å²) in [5.74, 6) is -0.0451. The number of carbonyl (C=O) groups excluding carboxylic acids is 1. The van der Waals surface area contributed by atoms with Gasteiger partial charge in [0.05, 0.1) is 11.6 Å². The number of carbonyl (C=O) groups is 1. The molecule has 5 nitrogen and oxygen atoms in total. The Kier molecular flexibility index (Phi) is 4.79. The standard InChI is InChI=1S/C21H21ClN2O3/c1-13-2-4-14(5-3-13)20(15-6-7-15)23-19(25)10-11-24-17-9-8-16(22)12-18(17)27-21(24)26/h2-5,8-9,12,15,20H,6-7,10-11H2,1H3,(H,23,25). The van der Waals surface area contributed by atoms with Gasteiger partial charge in [-0.15, -0.1) is 0 Å². The Morgan fingerprint density at radius 1 is 1.26 bits per heavy atom. The Labute approximate surface area is 161 Å². The van der Waals surface area contributed by atoms with Crippen LogP contribution in [0.3, 0.4) is 0 Å². The second kappa shape index (κ2) is 7.24. The van der Waals surface area contributed by atoms with E-state index in [0.717, 1.165) is 18.4 Å². The molecule has 1 atom stereocenters. The first-order valence-corrected chi connectivity index (χ1v) is 9.54. The van der Waals surface area contributed by atoms with Crippen molar-refractivity contribution in [2.24, 2.45) is 5.92 Å². The molecule has 0 radical (unpaired) electrons. The molecule has 6 heteroatoms. The van der Waals surface area contributed by atoms with Crippen molar-refractivity contribution < 1.29 is 9.21 Å². The average Bonchev–Trinajstić information content (AvgIpc) is 3.42. The summed E-state index contributed by atoms with van der Waals surface area (Å²) in [5, 5.41) is 3.65. The van der Waals surface area contributed by atoms with Gasteiger partial charge in [0.1, 0.15) is 0 Å². The third-order valence-electron chi connectivity index (χ3n) is 5.04. The van der Waals surface area contributed by atoms with Crippen molar-refractivity contribution in [3.05, 3.63) is 69.2 Å². The number of nitrogens with zero attached hydrogens (tertiary/aromatic N) is 1. The fourth-order valence-electron chi connectivity index (χ4n) is 3.39. The molecule has 0 saturated heterocycles. The van der Waals surface area contributed by atoms with Gasteiger partial charge in [0.25, 0.3) is 0 Å². The summed E-state index contributed by atoms with van der Waals surface area (Å²) in [4.78, 5) is 24.6. The maximum atomic E-state index is 12.5. The van der Waals surface area contributed by atoms with Crippen LogP contribution in [-0.2, 0) is 11.3 Å². The third kappa shape index (κ3) is 3.93. The molecular weight excluding hydrogens is 364 g/mol. The van der Waals surface area contributed by atoms with Crippen LogP contribution in [0, 0.1) is 12.8 Å². The van der Waals surface area contributed by atoms with Crippen LogP contribution in [0.1, 0.15) is 36.4 Å². The topological polar surface area (TPSA) is 64.2 Å². The van der Waals surface area contributed by atoms with Gasteiger partial charge in [-0.25, -0.2) is 4.79 Å². The van der Waals surface area contributed by atoms with E-state index in [1.165, 1.54) is 10.1 Å². The number of amides is 1. The molecule has 1 unspecified atom stereocenters. The van der Waals surface area contributed by atoms with Crippen LogP contribution in [0.4, 0.5) is 0 Å².